The molecule has 4 atom stereocenters. The number of nitrogens with zero attached hydrogens (tertiary/aromatic N) is 1. The highest BCUT2D eigenvalue weighted by Crippen LogP contribution is 2.59. The van der Waals surface area contributed by atoms with Crippen LogP contribution in [0.25, 0.3) is 5.57 Å². The summed E-state index contributed by atoms with van der Waals surface area (Å²) in [7, 11) is 3.26. The van der Waals surface area contributed by atoms with E-state index >= 15 is 0 Å². The lowest BCUT2D eigenvalue weighted by Gasteiger charge is -2.22. The summed E-state index contributed by atoms with van der Waals surface area (Å²) >= 11 is 0. The number of benzene rings is 3. The minimum Gasteiger partial charge on any atom is -0.497 e. The van der Waals surface area contributed by atoms with Crippen LogP contribution in [0.3, 0.4) is 0 Å². The van der Waals surface area contributed by atoms with E-state index in [2.05, 4.69) is 12.2 Å². The van der Waals surface area contributed by atoms with Crippen LogP contribution in [-0.2, 0) is 9.59 Å². The molecule has 1 aliphatic heterocycles. The number of methoxy groups -OCH3 is 2. The molecule has 5 nitrogen and oxygen atoms in total. The highest BCUT2D eigenvalue weighted by molar-refractivity contribution is 6.23. The first-order valence-electron chi connectivity index (χ1n) is 11.9. The van der Waals surface area contributed by atoms with Gasteiger partial charge in [0.05, 0.1) is 31.7 Å². The van der Waals surface area contributed by atoms with E-state index in [1.807, 2.05) is 48.5 Å². The third-order valence-corrected chi connectivity index (χ3v) is 7.55. The second kappa shape index (κ2) is 8.48. The molecule has 0 radical (unpaired) electrons. The Balaban J connectivity index is 1.47. The SMILES string of the molecule is COc1ccc(C(=C2C3C=CC2C2C(=O)N(c4ccc(F)cc4)C(=O)C32)c2ccc(OC)cc2)cc1. The number of fused-ring (bicyclic) bond motifs is 5. The summed E-state index contributed by atoms with van der Waals surface area (Å²) in [5.41, 5.74) is 4.50. The van der Waals surface area contributed by atoms with Gasteiger partial charge < -0.3 is 9.47 Å². The zero-order valence-electron chi connectivity index (χ0n) is 19.9. The molecule has 6 rings (SSSR count). The molecule has 1 saturated carbocycles. The lowest BCUT2D eigenvalue weighted by atomic mass is 9.85. The molecule has 2 fully saturated rings. The van der Waals surface area contributed by atoms with Gasteiger partial charge in [-0.1, -0.05) is 36.4 Å². The third-order valence-electron chi connectivity index (χ3n) is 7.55. The van der Waals surface area contributed by atoms with Crippen LogP contribution in [0.1, 0.15) is 11.1 Å². The first-order chi connectivity index (χ1) is 17.5. The minimum absolute atomic E-state index is 0.193. The monoisotopic (exact) mass is 481 g/mol. The van der Waals surface area contributed by atoms with E-state index in [1.54, 1.807) is 14.2 Å². The van der Waals surface area contributed by atoms with Gasteiger partial charge in [0.25, 0.3) is 0 Å². The van der Waals surface area contributed by atoms with Crippen LogP contribution in [-0.4, -0.2) is 26.0 Å². The molecule has 3 aliphatic rings. The molecule has 6 heteroatoms. The van der Waals surface area contributed by atoms with Crippen molar-refractivity contribution in [3.63, 3.8) is 0 Å². The number of amides is 2. The van der Waals surface area contributed by atoms with E-state index in [-0.39, 0.29) is 23.7 Å². The van der Waals surface area contributed by atoms with E-state index in [0.717, 1.165) is 33.8 Å². The van der Waals surface area contributed by atoms with Gasteiger partial charge in [0.1, 0.15) is 17.3 Å². The van der Waals surface area contributed by atoms with Crippen LogP contribution in [0.4, 0.5) is 10.1 Å². The van der Waals surface area contributed by atoms with Crippen molar-refractivity contribution in [3.8, 4) is 11.5 Å². The summed E-state index contributed by atoms with van der Waals surface area (Å²) in [4.78, 5) is 28.4. The van der Waals surface area contributed by atoms with Gasteiger partial charge in [-0.05, 0) is 70.8 Å². The number of hydrogen-bond acceptors (Lipinski definition) is 4. The normalized spacial score (nSPS) is 23.9. The summed E-state index contributed by atoms with van der Waals surface area (Å²) in [6.45, 7) is 0. The molecule has 0 N–H and O–H groups in total. The highest BCUT2D eigenvalue weighted by atomic mass is 19.1. The standard InChI is InChI=1S/C30H24FNO4/c1-35-21-11-3-17(4-12-21)25(18-5-13-22(36-2)14-6-18)26-23-15-16-24(26)28-27(23)29(33)32(30(28)34)20-9-7-19(31)8-10-20/h3-16,23-24,27-28H,1-2H3. The molecule has 3 aromatic rings. The number of anilines is 1. The van der Waals surface area contributed by atoms with E-state index in [4.69, 9.17) is 9.47 Å². The summed E-state index contributed by atoms with van der Waals surface area (Å²) in [5.74, 6) is -0.691. The molecule has 3 aromatic carbocycles. The van der Waals surface area contributed by atoms with Gasteiger partial charge in [-0.2, -0.15) is 0 Å². The van der Waals surface area contributed by atoms with Crippen LogP contribution in [0, 0.1) is 29.5 Å². The zero-order valence-corrected chi connectivity index (χ0v) is 19.9. The Morgan fingerprint density at radius 2 is 1.14 bits per heavy atom. The molecule has 2 aliphatic carbocycles. The molecule has 36 heavy (non-hydrogen) atoms. The molecule has 4 unspecified atom stereocenters. The maximum absolute atomic E-state index is 13.6. The summed E-state index contributed by atoms with van der Waals surface area (Å²) in [6.07, 6.45) is 4.13. The topological polar surface area (TPSA) is 55.8 Å². The molecule has 2 amide bonds. The average Bonchev–Trinajstić information content (AvgIpc) is 3.55. The van der Waals surface area contributed by atoms with Gasteiger partial charge >= 0.3 is 0 Å². The van der Waals surface area contributed by atoms with Gasteiger partial charge in [-0.15, -0.1) is 0 Å². The molecule has 180 valence electrons. The Morgan fingerprint density at radius 3 is 1.56 bits per heavy atom. The van der Waals surface area contributed by atoms with E-state index in [1.165, 1.54) is 29.2 Å². The fourth-order valence-electron chi connectivity index (χ4n) is 5.96. The number of halogens is 1. The maximum Gasteiger partial charge on any atom is 0.238 e. The van der Waals surface area contributed by atoms with Gasteiger partial charge in [-0.3, -0.25) is 9.59 Å². The number of hydrogen-bond donors (Lipinski definition) is 0. The average molecular weight is 482 g/mol. The van der Waals surface area contributed by atoms with Crippen LogP contribution < -0.4 is 14.4 Å². The molecular weight excluding hydrogens is 457 g/mol. The summed E-state index contributed by atoms with van der Waals surface area (Å²) in [5, 5.41) is 0. The molecule has 0 spiro atoms. The van der Waals surface area contributed by atoms with E-state index in [9.17, 15) is 14.0 Å². The summed E-state index contributed by atoms with van der Waals surface area (Å²) in [6, 6.07) is 21.2. The predicted molar refractivity (Wildman–Crippen MR) is 134 cm³/mol. The number of carbonyl (C=O) groups is 2. The quantitative estimate of drug-likeness (QED) is 0.368. The molecule has 1 saturated heterocycles. The number of carbonyl (C=O) groups excluding carboxylic acids is 2. The van der Waals surface area contributed by atoms with Crippen LogP contribution in [0.5, 0.6) is 11.5 Å². The van der Waals surface area contributed by atoms with Gasteiger partial charge in [-0.25, -0.2) is 9.29 Å². The first-order valence-corrected chi connectivity index (χ1v) is 11.9. The lowest BCUT2D eigenvalue weighted by molar-refractivity contribution is -0.122. The van der Waals surface area contributed by atoms with Crippen LogP contribution in [0.2, 0.25) is 0 Å². The highest BCUT2D eigenvalue weighted by Gasteiger charge is 2.62. The van der Waals surface area contributed by atoms with Gasteiger partial charge in [0, 0.05) is 11.8 Å². The van der Waals surface area contributed by atoms with Crippen molar-refractivity contribution < 1.29 is 23.5 Å². The Kier molecular flexibility index (Phi) is 5.25. The number of rotatable bonds is 5. The molecule has 0 aromatic heterocycles. The van der Waals surface area contributed by atoms with Crippen molar-refractivity contribution in [1.29, 1.82) is 0 Å². The van der Waals surface area contributed by atoms with E-state index < -0.39 is 17.7 Å². The second-order valence-corrected chi connectivity index (χ2v) is 9.26. The van der Waals surface area contributed by atoms with E-state index in [0.29, 0.717) is 5.69 Å². The van der Waals surface area contributed by atoms with Crippen molar-refractivity contribution in [2.75, 3.05) is 19.1 Å². The first kappa shape index (κ1) is 22.3. The number of imide groups is 1. The molecular formula is C30H24FNO4. The van der Waals surface area contributed by atoms with Crippen LogP contribution in [0.15, 0.2) is 90.5 Å². The van der Waals surface area contributed by atoms with Crippen LogP contribution >= 0.6 is 0 Å². The Morgan fingerprint density at radius 1 is 0.694 bits per heavy atom. The largest absolute Gasteiger partial charge is 0.497 e. The van der Waals surface area contributed by atoms with Gasteiger partial charge in [0.15, 0.2) is 0 Å². The molecule has 2 bridgehead atoms. The van der Waals surface area contributed by atoms with Crippen molar-refractivity contribution in [2.24, 2.45) is 23.7 Å². The summed E-state index contributed by atoms with van der Waals surface area (Å²) < 4.78 is 24.2. The number of ether oxygens (including phenoxy) is 2. The molecule has 1 heterocycles. The van der Waals surface area contributed by atoms with Crippen molar-refractivity contribution >= 4 is 23.1 Å². The second-order valence-electron chi connectivity index (χ2n) is 9.26. The fraction of sp³-hybridized carbons (Fsp3) is 0.200. The Hall–Kier alpha value is -4.19. The fourth-order valence-corrected chi connectivity index (χ4v) is 5.96. The minimum atomic E-state index is -0.473. The smallest absolute Gasteiger partial charge is 0.238 e. The van der Waals surface area contributed by atoms with Crippen molar-refractivity contribution in [3.05, 3.63) is 107 Å². The Labute approximate surface area is 208 Å². The zero-order chi connectivity index (χ0) is 25.0. The third kappa shape index (κ3) is 3.28. The lowest BCUT2D eigenvalue weighted by Crippen LogP contribution is -2.33. The predicted octanol–water partition coefficient (Wildman–Crippen LogP) is 5.27. The van der Waals surface area contributed by atoms with Crippen molar-refractivity contribution in [2.45, 2.75) is 0 Å². The maximum atomic E-state index is 13.6. The number of allylic oxidation sites excluding steroid dienone is 3. The van der Waals surface area contributed by atoms with Crippen molar-refractivity contribution in [1.82, 2.24) is 0 Å². The Bertz CT molecular complexity index is 1320. The van der Waals surface area contributed by atoms with Gasteiger partial charge in [0.2, 0.25) is 11.8 Å².